The first-order valence-electron chi connectivity index (χ1n) is 6.14. The predicted molar refractivity (Wildman–Crippen MR) is 80.6 cm³/mol. The minimum absolute atomic E-state index is 0.0625. The Hall–Kier alpha value is -2.51. The fraction of sp³-hybridized carbons (Fsp3) is 0. The first-order chi connectivity index (χ1) is 10.0. The van der Waals surface area contributed by atoms with Crippen molar-refractivity contribution in [2.45, 2.75) is 4.90 Å². The van der Waals surface area contributed by atoms with E-state index in [4.69, 9.17) is 5.14 Å². The lowest BCUT2D eigenvalue weighted by atomic mass is 10.2. The maximum atomic E-state index is 11.2. The van der Waals surface area contributed by atoms with Gasteiger partial charge in [0.25, 0.3) is 0 Å². The fourth-order valence-electron chi connectivity index (χ4n) is 1.89. The van der Waals surface area contributed by atoms with Crippen molar-refractivity contribution in [2.75, 3.05) is 5.32 Å². The van der Waals surface area contributed by atoms with Crippen LogP contribution in [-0.4, -0.2) is 18.4 Å². The number of sulfonamides is 1. The van der Waals surface area contributed by atoms with Gasteiger partial charge >= 0.3 is 0 Å². The van der Waals surface area contributed by atoms with Crippen LogP contribution in [0.5, 0.6) is 0 Å². The van der Waals surface area contributed by atoms with E-state index in [9.17, 15) is 8.42 Å². The number of primary sulfonamides is 1. The van der Waals surface area contributed by atoms with Gasteiger partial charge in [0.2, 0.25) is 16.0 Å². The third-order valence-electron chi connectivity index (χ3n) is 2.93. The van der Waals surface area contributed by atoms with E-state index in [0.717, 1.165) is 10.9 Å². The molecule has 7 heteroatoms. The second-order valence-electron chi connectivity index (χ2n) is 4.45. The van der Waals surface area contributed by atoms with Crippen LogP contribution in [0.25, 0.3) is 10.9 Å². The number of fused-ring (bicyclic) bond motifs is 1. The maximum Gasteiger partial charge on any atom is 0.238 e. The molecular weight excluding hydrogens is 288 g/mol. The molecule has 0 atom stereocenters. The molecule has 0 aliphatic heterocycles. The molecule has 0 saturated heterocycles. The summed E-state index contributed by atoms with van der Waals surface area (Å²) in [6, 6.07) is 13.7. The predicted octanol–water partition coefficient (Wildman–Crippen LogP) is 2.02. The highest BCUT2D eigenvalue weighted by Crippen LogP contribution is 2.18. The van der Waals surface area contributed by atoms with Gasteiger partial charge in [0.15, 0.2) is 0 Å². The Bertz CT molecular complexity index is 892. The number of rotatable bonds is 3. The number of aromatic nitrogens is 2. The zero-order valence-corrected chi connectivity index (χ0v) is 11.7. The lowest BCUT2D eigenvalue weighted by molar-refractivity contribution is 0.598. The molecule has 0 aliphatic rings. The van der Waals surface area contributed by atoms with Crippen molar-refractivity contribution in [1.82, 2.24) is 9.97 Å². The van der Waals surface area contributed by atoms with Gasteiger partial charge in [0.1, 0.15) is 0 Å². The van der Waals surface area contributed by atoms with Gasteiger partial charge in [0, 0.05) is 17.3 Å². The van der Waals surface area contributed by atoms with Crippen molar-refractivity contribution in [2.24, 2.45) is 5.14 Å². The van der Waals surface area contributed by atoms with Crippen LogP contribution in [0.2, 0.25) is 0 Å². The van der Waals surface area contributed by atoms with Crippen LogP contribution < -0.4 is 10.5 Å². The van der Waals surface area contributed by atoms with Crippen LogP contribution in [-0.2, 0) is 10.0 Å². The van der Waals surface area contributed by atoms with Crippen LogP contribution in [0.4, 0.5) is 11.6 Å². The average molecular weight is 300 g/mol. The van der Waals surface area contributed by atoms with E-state index in [1.165, 1.54) is 12.1 Å². The second kappa shape index (κ2) is 5.12. The van der Waals surface area contributed by atoms with Crippen molar-refractivity contribution >= 4 is 32.6 Å². The van der Waals surface area contributed by atoms with Crippen LogP contribution >= 0.6 is 0 Å². The normalized spacial score (nSPS) is 11.5. The lowest BCUT2D eigenvalue weighted by Crippen LogP contribution is -2.11. The zero-order chi connectivity index (χ0) is 14.9. The number of hydrogen-bond acceptors (Lipinski definition) is 5. The van der Waals surface area contributed by atoms with E-state index >= 15 is 0 Å². The Morgan fingerprint density at radius 1 is 1.00 bits per heavy atom. The highest BCUT2D eigenvalue weighted by Gasteiger charge is 2.07. The lowest BCUT2D eigenvalue weighted by Gasteiger charge is -2.06. The minimum atomic E-state index is -3.68. The molecule has 3 N–H and O–H groups in total. The smallest absolute Gasteiger partial charge is 0.238 e. The standard InChI is InChI=1S/C14H12N4O2S/c15-21(19,20)12-7-5-11(6-8-12)17-14-16-9-10-3-1-2-4-13(10)18-14/h1-9H,(H2,15,19,20)(H,16,17,18). The summed E-state index contributed by atoms with van der Waals surface area (Å²) in [5, 5.41) is 9.02. The summed E-state index contributed by atoms with van der Waals surface area (Å²) in [5.74, 6) is 0.442. The number of para-hydroxylation sites is 1. The summed E-state index contributed by atoms with van der Waals surface area (Å²) in [6.07, 6.45) is 1.73. The van der Waals surface area contributed by atoms with E-state index in [2.05, 4.69) is 15.3 Å². The molecule has 2 aromatic carbocycles. The molecule has 6 nitrogen and oxygen atoms in total. The largest absolute Gasteiger partial charge is 0.324 e. The molecule has 0 fully saturated rings. The van der Waals surface area contributed by atoms with Crippen molar-refractivity contribution in [3.8, 4) is 0 Å². The molecule has 0 bridgehead atoms. The van der Waals surface area contributed by atoms with Crippen molar-refractivity contribution < 1.29 is 8.42 Å². The number of nitrogens with two attached hydrogens (primary N) is 1. The van der Waals surface area contributed by atoms with Crippen molar-refractivity contribution in [1.29, 1.82) is 0 Å². The summed E-state index contributed by atoms with van der Waals surface area (Å²) in [5.41, 5.74) is 1.51. The first-order valence-corrected chi connectivity index (χ1v) is 7.69. The molecule has 0 spiro atoms. The SMILES string of the molecule is NS(=O)(=O)c1ccc(Nc2ncc3ccccc3n2)cc1. The van der Waals surface area contributed by atoms with Gasteiger partial charge in [-0.1, -0.05) is 18.2 Å². The number of anilines is 2. The monoisotopic (exact) mass is 300 g/mol. The van der Waals surface area contributed by atoms with Gasteiger partial charge in [-0.3, -0.25) is 0 Å². The Balaban J connectivity index is 1.88. The first kappa shape index (κ1) is 13.5. The molecule has 3 aromatic rings. The third kappa shape index (κ3) is 2.99. The van der Waals surface area contributed by atoms with E-state index in [0.29, 0.717) is 11.6 Å². The van der Waals surface area contributed by atoms with E-state index < -0.39 is 10.0 Å². The molecular formula is C14H12N4O2S. The molecule has 0 radical (unpaired) electrons. The van der Waals surface area contributed by atoms with Crippen LogP contribution in [0.3, 0.4) is 0 Å². The highest BCUT2D eigenvalue weighted by atomic mass is 32.2. The molecule has 21 heavy (non-hydrogen) atoms. The van der Waals surface area contributed by atoms with E-state index in [1.807, 2.05) is 24.3 Å². The average Bonchev–Trinajstić information content (AvgIpc) is 2.47. The summed E-state index contributed by atoms with van der Waals surface area (Å²) >= 11 is 0. The Kier molecular flexibility index (Phi) is 3.28. The summed E-state index contributed by atoms with van der Waals surface area (Å²) in [7, 11) is -3.68. The molecule has 1 heterocycles. The third-order valence-corrected chi connectivity index (χ3v) is 3.86. The van der Waals surface area contributed by atoms with Crippen LogP contribution in [0, 0.1) is 0 Å². The van der Waals surface area contributed by atoms with Crippen molar-refractivity contribution in [3.05, 3.63) is 54.7 Å². The number of nitrogens with one attached hydrogen (secondary N) is 1. The number of hydrogen-bond donors (Lipinski definition) is 2. The zero-order valence-electron chi connectivity index (χ0n) is 10.9. The van der Waals surface area contributed by atoms with Crippen LogP contribution in [0.1, 0.15) is 0 Å². The molecule has 0 unspecified atom stereocenters. The molecule has 0 amide bonds. The minimum Gasteiger partial charge on any atom is -0.324 e. The van der Waals surface area contributed by atoms with E-state index in [1.54, 1.807) is 18.3 Å². The topological polar surface area (TPSA) is 98.0 Å². The Morgan fingerprint density at radius 2 is 1.71 bits per heavy atom. The molecule has 0 saturated carbocycles. The van der Waals surface area contributed by atoms with Crippen molar-refractivity contribution in [3.63, 3.8) is 0 Å². The quantitative estimate of drug-likeness (QED) is 0.771. The summed E-state index contributed by atoms with van der Waals surface area (Å²) < 4.78 is 22.4. The van der Waals surface area contributed by atoms with Gasteiger partial charge in [-0.2, -0.15) is 0 Å². The van der Waals surface area contributed by atoms with Crippen LogP contribution in [0.15, 0.2) is 59.6 Å². The Morgan fingerprint density at radius 3 is 2.43 bits per heavy atom. The fourth-order valence-corrected chi connectivity index (χ4v) is 2.40. The number of benzene rings is 2. The highest BCUT2D eigenvalue weighted by molar-refractivity contribution is 7.89. The Labute approximate surface area is 121 Å². The van der Waals surface area contributed by atoms with E-state index in [-0.39, 0.29) is 4.90 Å². The van der Waals surface area contributed by atoms with Gasteiger partial charge in [-0.05, 0) is 30.3 Å². The summed E-state index contributed by atoms with van der Waals surface area (Å²) in [6.45, 7) is 0. The maximum absolute atomic E-state index is 11.2. The van der Waals surface area contributed by atoms with Gasteiger partial charge in [-0.15, -0.1) is 0 Å². The molecule has 1 aromatic heterocycles. The van der Waals surface area contributed by atoms with Gasteiger partial charge in [0.05, 0.1) is 10.4 Å². The second-order valence-corrected chi connectivity index (χ2v) is 6.01. The van der Waals surface area contributed by atoms with Gasteiger partial charge in [-0.25, -0.2) is 23.5 Å². The molecule has 0 aliphatic carbocycles. The number of nitrogens with zero attached hydrogens (tertiary/aromatic N) is 2. The molecule has 3 rings (SSSR count). The van der Waals surface area contributed by atoms with Gasteiger partial charge < -0.3 is 5.32 Å². The molecule has 106 valence electrons. The summed E-state index contributed by atoms with van der Waals surface area (Å²) in [4.78, 5) is 8.65.